The number of rotatable bonds is 2. The van der Waals surface area contributed by atoms with Gasteiger partial charge in [-0.15, -0.1) is 12.4 Å². The maximum absolute atomic E-state index is 14.9. The van der Waals surface area contributed by atoms with Gasteiger partial charge in [0.15, 0.2) is 5.84 Å². The van der Waals surface area contributed by atoms with Crippen molar-refractivity contribution in [2.45, 2.75) is 32.6 Å². The first kappa shape index (κ1) is 23.2. The maximum atomic E-state index is 14.9. The molecule has 7 heteroatoms. The number of aliphatic imine (C=N–C) groups is 1. The third kappa shape index (κ3) is 4.20. The molecule has 33 heavy (non-hydrogen) atoms. The third-order valence-electron chi connectivity index (χ3n) is 6.89. The van der Waals surface area contributed by atoms with E-state index in [9.17, 15) is 8.78 Å². The number of benzene rings is 1. The monoisotopic (exact) mass is 468 g/mol. The van der Waals surface area contributed by atoms with Crippen molar-refractivity contribution in [3.63, 3.8) is 0 Å². The minimum Gasteiger partial charge on any atom is -0.355 e. The number of amidine groups is 1. The molecule has 1 fully saturated rings. The largest absolute Gasteiger partial charge is 0.355 e. The maximum Gasteiger partial charge on any atom is 0.155 e. The molecule has 3 aliphatic rings. The SMILES string of the molecule is C=C/C(F)=C1\NC(c2ccccc2F)=C(C)N=C1N1CCC2(CC1)Cc1cccnc1C2.Cl. The van der Waals surface area contributed by atoms with Crippen LogP contribution in [0.2, 0.25) is 0 Å². The lowest BCUT2D eigenvalue weighted by atomic mass is 9.76. The molecule has 3 heterocycles. The van der Waals surface area contributed by atoms with Crippen LogP contribution >= 0.6 is 12.4 Å². The molecule has 5 rings (SSSR count). The quantitative estimate of drug-likeness (QED) is 0.625. The first-order valence-corrected chi connectivity index (χ1v) is 11.0. The van der Waals surface area contributed by atoms with Crippen LogP contribution in [0.25, 0.3) is 5.70 Å². The van der Waals surface area contributed by atoms with Crippen LogP contribution in [0.1, 0.15) is 36.6 Å². The number of hydrogen-bond acceptors (Lipinski definition) is 4. The summed E-state index contributed by atoms with van der Waals surface area (Å²) in [6, 6.07) is 10.6. The zero-order chi connectivity index (χ0) is 22.3. The zero-order valence-corrected chi connectivity index (χ0v) is 19.4. The average Bonchev–Trinajstić information content (AvgIpc) is 3.17. The predicted octanol–water partition coefficient (Wildman–Crippen LogP) is 5.58. The number of pyridine rings is 1. The van der Waals surface area contributed by atoms with Crippen LogP contribution in [0.3, 0.4) is 0 Å². The molecular formula is C26H27ClF2N4. The molecule has 172 valence electrons. The Balaban J connectivity index is 0.00000259. The number of hydrogen-bond donors (Lipinski definition) is 1. The van der Waals surface area contributed by atoms with Crippen molar-refractivity contribution in [3.05, 3.63) is 95.1 Å². The van der Waals surface area contributed by atoms with Gasteiger partial charge in [-0.3, -0.25) is 4.98 Å². The van der Waals surface area contributed by atoms with Crippen molar-refractivity contribution in [2.24, 2.45) is 10.4 Å². The van der Waals surface area contributed by atoms with Gasteiger partial charge in [0.2, 0.25) is 0 Å². The van der Waals surface area contributed by atoms with E-state index < -0.39 is 5.83 Å². The van der Waals surface area contributed by atoms with E-state index in [1.54, 1.807) is 18.2 Å². The highest BCUT2D eigenvalue weighted by molar-refractivity contribution is 6.03. The van der Waals surface area contributed by atoms with E-state index in [-0.39, 0.29) is 29.3 Å². The van der Waals surface area contributed by atoms with Gasteiger partial charge < -0.3 is 10.2 Å². The van der Waals surface area contributed by atoms with E-state index in [1.165, 1.54) is 23.4 Å². The molecule has 0 amide bonds. The third-order valence-corrected chi connectivity index (χ3v) is 6.89. The molecule has 0 radical (unpaired) electrons. The molecule has 1 saturated heterocycles. The van der Waals surface area contributed by atoms with Crippen molar-refractivity contribution in [1.82, 2.24) is 15.2 Å². The fourth-order valence-corrected chi connectivity index (χ4v) is 5.13. The number of likely N-dealkylation sites (tertiary alicyclic amines) is 1. The van der Waals surface area contributed by atoms with E-state index >= 15 is 0 Å². The minimum atomic E-state index is -0.497. The summed E-state index contributed by atoms with van der Waals surface area (Å²) in [5.41, 5.74) is 4.51. The second kappa shape index (κ2) is 9.10. The van der Waals surface area contributed by atoms with Crippen LogP contribution < -0.4 is 5.32 Å². The number of nitrogens with zero attached hydrogens (tertiary/aromatic N) is 3. The summed E-state index contributed by atoms with van der Waals surface area (Å²) in [7, 11) is 0. The van der Waals surface area contributed by atoms with Crippen LogP contribution in [-0.2, 0) is 12.8 Å². The molecule has 1 spiro atoms. The number of halogens is 3. The topological polar surface area (TPSA) is 40.5 Å². The number of fused-ring (bicyclic) bond motifs is 1. The van der Waals surface area contributed by atoms with Crippen LogP contribution in [0, 0.1) is 11.2 Å². The molecule has 2 aromatic rings. The Morgan fingerprint density at radius 2 is 1.91 bits per heavy atom. The van der Waals surface area contributed by atoms with Gasteiger partial charge in [0.25, 0.3) is 0 Å². The highest BCUT2D eigenvalue weighted by atomic mass is 35.5. The lowest BCUT2D eigenvalue weighted by molar-refractivity contribution is 0.157. The second-order valence-electron chi connectivity index (χ2n) is 8.88. The molecule has 0 atom stereocenters. The van der Waals surface area contributed by atoms with Crippen molar-refractivity contribution in [3.8, 4) is 0 Å². The van der Waals surface area contributed by atoms with Crippen LogP contribution in [0.15, 0.2) is 77.5 Å². The van der Waals surface area contributed by atoms with Crippen LogP contribution in [0.5, 0.6) is 0 Å². The first-order valence-electron chi connectivity index (χ1n) is 11.0. The first-order chi connectivity index (χ1) is 15.5. The predicted molar refractivity (Wildman–Crippen MR) is 130 cm³/mol. The Bertz CT molecular complexity index is 1150. The Hall–Kier alpha value is -2.99. The Labute approximate surface area is 199 Å². The van der Waals surface area contributed by atoms with Crippen molar-refractivity contribution < 1.29 is 8.78 Å². The number of nitrogens with one attached hydrogen (secondary N) is 1. The summed E-state index contributed by atoms with van der Waals surface area (Å²) >= 11 is 0. The molecule has 0 bridgehead atoms. The molecule has 1 N–H and O–H groups in total. The highest BCUT2D eigenvalue weighted by Gasteiger charge is 2.41. The van der Waals surface area contributed by atoms with E-state index in [0.29, 0.717) is 22.8 Å². The van der Waals surface area contributed by atoms with Gasteiger partial charge in [-0.2, -0.15) is 0 Å². The lowest BCUT2D eigenvalue weighted by Crippen LogP contribution is -2.46. The summed E-state index contributed by atoms with van der Waals surface area (Å²) < 4.78 is 29.3. The summed E-state index contributed by atoms with van der Waals surface area (Å²) in [4.78, 5) is 11.4. The molecule has 2 aliphatic heterocycles. The zero-order valence-electron chi connectivity index (χ0n) is 18.6. The number of allylic oxidation sites excluding steroid dienone is 3. The molecule has 1 aliphatic carbocycles. The summed E-state index contributed by atoms with van der Waals surface area (Å²) in [5, 5.41) is 3.12. The van der Waals surface area contributed by atoms with Crippen molar-refractivity contribution >= 4 is 23.9 Å². The van der Waals surface area contributed by atoms with E-state index in [4.69, 9.17) is 4.99 Å². The lowest BCUT2D eigenvalue weighted by Gasteiger charge is -2.41. The normalized spacial score (nSPS) is 20.6. The minimum absolute atomic E-state index is 0. The summed E-state index contributed by atoms with van der Waals surface area (Å²) in [6.45, 7) is 6.97. The van der Waals surface area contributed by atoms with Crippen LogP contribution in [-0.4, -0.2) is 28.8 Å². The standard InChI is InChI=1S/C26H26F2N4.ClH/c1-3-20(27)24-25(30-17(2)23(31-24)19-8-4-5-9-21(19)28)32-13-10-26(11-14-32)15-18-7-6-12-29-22(18)16-26;/h3-9,12,31H,1,10-11,13-16H2,2H3;1H/b24-20+;. The van der Waals surface area contributed by atoms with Gasteiger partial charge in [-0.05, 0) is 67.9 Å². The van der Waals surface area contributed by atoms with Gasteiger partial charge >= 0.3 is 0 Å². The Kier molecular flexibility index (Phi) is 6.39. The highest BCUT2D eigenvalue weighted by Crippen LogP contribution is 2.44. The molecule has 0 saturated carbocycles. The average molecular weight is 469 g/mol. The smallest absolute Gasteiger partial charge is 0.155 e. The van der Waals surface area contributed by atoms with E-state index in [0.717, 1.165) is 38.8 Å². The Morgan fingerprint density at radius 1 is 1.15 bits per heavy atom. The van der Waals surface area contributed by atoms with Gasteiger partial charge in [0, 0.05) is 30.5 Å². The van der Waals surface area contributed by atoms with E-state index in [1.807, 2.05) is 19.2 Å². The Morgan fingerprint density at radius 3 is 2.61 bits per heavy atom. The van der Waals surface area contributed by atoms with Gasteiger partial charge in [0.1, 0.15) is 17.3 Å². The molecule has 1 aromatic heterocycles. The van der Waals surface area contributed by atoms with Crippen molar-refractivity contribution in [2.75, 3.05) is 13.1 Å². The molecule has 0 unspecified atom stereocenters. The molecular weight excluding hydrogens is 442 g/mol. The fraction of sp³-hybridized carbons (Fsp3) is 0.308. The summed E-state index contributed by atoms with van der Waals surface area (Å²) in [6.07, 6.45) is 7.08. The van der Waals surface area contributed by atoms with Gasteiger partial charge in [-0.1, -0.05) is 24.8 Å². The number of aromatic nitrogens is 1. The van der Waals surface area contributed by atoms with E-state index in [2.05, 4.69) is 27.8 Å². The molecule has 1 aromatic carbocycles. The van der Waals surface area contributed by atoms with Gasteiger partial charge in [0.05, 0.1) is 11.4 Å². The van der Waals surface area contributed by atoms with Crippen LogP contribution in [0.4, 0.5) is 8.78 Å². The fourth-order valence-electron chi connectivity index (χ4n) is 5.13. The molecule has 4 nitrogen and oxygen atoms in total. The van der Waals surface area contributed by atoms with Crippen molar-refractivity contribution in [1.29, 1.82) is 0 Å². The number of piperidine rings is 1. The second-order valence-corrected chi connectivity index (χ2v) is 8.88. The summed E-state index contributed by atoms with van der Waals surface area (Å²) in [5.74, 6) is -0.313. The van der Waals surface area contributed by atoms with Gasteiger partial charge in [-0.25, -0.2) is 13.8 Å².